The van der Waals surface area contributed by atoms with Gasteiger partial charge in [-0.2, -0.15) is 13.2 Å². The van der Waals surface area contributed by atoms with E-state index < -0.39 is 71.9 Å². The number of pyridine rings is 4. The second kappa shape index (κ2) is 40.3. The number of hydrogen-bond donors (Lipinski definition) is 4. The van der Waals surface area contributed by atoms with Crippen LogP contribution >= 0.6 is 0 Å². The van der Waals surface area contributed by atoms with Crippen molar-refractivity contribution in [3.8, 4) is 0 Å². The molecule has 14 aromatic rings. The Labute approximate surface area is 739 Å². The number of nitrogens with zero attached hydrogens (tertiary/aromatic N) is 13. The predicted octanol–water partition coefficient (Wildman–Crippen LogP) is 20.1. The first kappa shape index (κ1) is 92.5. The molecule has 17 rings (SSSR count). The van der Waals surface area contributed by atoms with E-state index in [-0.39, 0.29) is 45.0 Å². The van der Waals surface area contributed by atoms with Crippen LogP contribution in [0.5, 0.6) is 0 Å². The number of anilines is 4. The van der Waals surface area contributed by atoms with Gasteiger partial charge in [0.2, 0.25) is 0 Å². The molecular formula is C97H94F11N17O5. The summed E-state index contributed by atoms with van der Waals surface area (Å²) in [5, 5.41) is 15.2. The normalized spacial score (nSPS) is 14.6. The van der Waals surface area contributed by atoms with Crippen LogP contribution in [0.25, 0.3) is 55.3 Å². The number of alkyl halides is 9. The minimum Gasteiger partial charge on any atom is -0.376 e. The van der Waals surface area contributed by atoms with E-state index in [1.807, 2.05) is 85.8 Å². The second-order valence-corrected chi connectivity index (χ2v) is 32.3. The summed E-state index contributed by atoms with van der Waals surface area (Å²) in [5.41, 5.74) is 7.34. The van der Waals surface area contributed by atoms with Crippen molar-refractivity contribution in [1.29, 1.82) is 0 Å². The van der Waals surface area contributed by atoms with Gasteiger partial charge in [-0.25, -0.2) is 75.0 Å². The number of rotatable bonds is 22. The molecule has 0 radical (unpaired) electrons. The lowest BCUT2D eigenvalue weighted by atomic mass is 9.89. The van der Waals surface area contributed by atoms with Crippen molar-refractivity contribution < 1.29 is 53.0 Å². The van der Waals surface area contributed by atoms with Crippen LogP contribution in [0.4, 0.5) is 71.6 Å². The number of halogens is 11. The maximum absolute atomic E-state index is 14.7. The highest BCUT2D eigenvalue weighted by Gasteiger charge is 2.33. The summed E-state index contributed by atoms with van der Waals surface area (Å²) >= 11 is 0. The maximum Gasteiger partial charge on any atom is 0.416 e. The molecule has 10 heterocycles. The molecule has 3 aliphatic rings. The molecule has 0 bridgehead atoms. The van der Waals surface area contributed by atoms with E-state index in [1.54, 1.807) is 86.2 Å². The minimum atomic E-state index is -4.41. The number of ether oxygens (including phenoxy) is 1. The molecule has 0 amide bonds. The SMILES string of the molecule is C[C@@H](Nc1ncnc2c1cc(C1=CCCOC1)c(=O)n2C)c1cccc(C(F)F)c1F.C[C@@H](Nc1ncnc2c1cc(C1=CCN(C3CCC3)CC1)c(=O)n2C)c1cccc(C(F)F)c1F.C[C@@H](Nc1ncnc2c1cc(Cc1ccccc1)c(=O)n2C)c1cccc(C(F)(F)F)c1.Cc1c(C(F)F)cccc1[C@@H](C)Nc1ncnc2c1cc(Cc1ccccc1)c(=O)n2C. The van der Waals surface area contributed by atoms with E-state index in [0.29, 0.717) is 139 Å². The largest absolute Gasteiger partial charge is 0.416 e. The Kier molecular flexibility index (Phi) is 28.7. The highest BCUT2D eigenvalue weighted by Crippen LogP contribution is 2.39. The molecule has 1 saturated carbocycles. The zero-order chi connectivity index (χ0) is 92.5. The lowest BCUT2D eigenvalue weighted by molar-refractivity contribution is -0.137. The third-order valence-electron chi connectivity index (χ3n) is 23.8. The van der Waals surface area contributed by atoms with E-state index >= 15 is 0 Å². The first-order chi connectivity index (χ1) is 62.3. The summed E-state index contributed by atoms with van der Waals surface area (Å²) < 4.78 is 159. The highest BCUT2D eigenvalue weighted by molar-refractivity contribution is 5.92. The average molecular weight is 1790 g/mol. The second-order valence-electron chi connectivity index (χ2n) is 32.3. The van der Waals surface area contributed by atoms with E-state index in [0.717, 1.165) is 71.6 Å². The summed E-state index contributed by atoms with van der Waals surface area (Å²) in [4.78, 5) is 88.6. The summed E-state index contributed by atoms with van der Waals surface area (Å²) in [6, 6.07) is 43.1. The van der Waals surface area contributed by atoms with Gasteiger partial charge in [-0.15, -0.1) is 0 Å². The van der Waals surface area contributed by atoms with Crippen molar-refractivity contribution in [1.82, 2.24) is 63.0 Å². The van der Waals surface area contributed by atoms with Gasteiger partial charge < -0.3 is 26.0 Å². The first-order valence-corrected chi connectivity index (χ1v) is 42.2. The number of fused-ring (bicyclic) bond motifs is 4. The zero-order valence-electron chi connectivity index (χ0n) is 72.5. The molecule has 1 fully saturated rings. The van der Waals surface area contributed by atoms with Gasteiger partial charge in [0.05, 0.1) is 69.6 Å². The fourth-order valence-corrected chi connectivity index (χ4v) is 16.4. The zero-order valence-corrected chi connectivity index (χ0v) is 72.5. The molecule has 4 N–H and O–H groups in total. The molecule has 4 atom stereocenters. The Morgan fingerprint density at radius 1 is 0.438 bits per heavy atom. The fourth-order valence-electron chi connectivity index (χ4n) is 16.4. The lowest BCUT2D eigenvalue weighted by Crippen LogP contribution is -2.42. The maximum atomic E-state index is 14.7. The predicted molar refractivity (Wildman–Crippen MR) is 481 cm³/mol. The van der Waals surface area contributed by atoms with Crippen LogP contribution in [-0.2, 0) is 51.9 Å². The molecule has 1 aliphatic carbocycles. The highest BCUT2D eigenvalue weighted by atomic mass is 19.4. The van der Waals surface area contributed by atoms with Crippen molar-refractivity contribution >= 4 is 78.6 Å². The molecule has 674 valence electrons. The molecule has 33 heteroatoms. The van der Waals surface area contributed by atoms with Gasteiger partial charge in [-0.05, 0) is 136 Å². The van der Waals surface area contributed by atoms with Gasteiger partial charge in [-0.3, -0.25) is 42.3 Å². The van der Waals surface area contributed by atoms with Gasteiger partial charge in [0.1, 0.15) is 82.8 Å². The van der Waals surface area contributed by atoms with Gasteiger partial charge in [0, 0.05) is 105 Å². The van der Waals surface area contributed by atoms with E-state index in [9.17, 15) is 67.5 Å². The molecule has 22 nitrogen and oxygen atoms in total. The van der Waals surface area contributed by atoms with E-state index in [1.165, 1.54) is 99.2 Å². The van der Waals surface area contributed by atoms with Gasteiger partial charge >= 0.3 is 6.18 Å². The standard InChI is InChI=1S/C26H28F3N5O.C25H24F2N4O.C24H21F3N4O.C22H21F3N4O2/c1-15(18-7-4-8-19(22(18)27)23(28)29)32-24-21-13-20(26(35)33(2)25(21)31-14-30-24)16-9-11-34(12-10-16)17-5-3-6-17;1-15-19(10-7-11-20(15)22(26)27)16(2)30-23-21-13-18(12-17-8-5-4-6-9-17)25(32)31(3)24(21)29-14-28-23;1-15(17-9-6-10-19(12-17)24(25,26)27)30-21-20-13-18(11-16-7-4-3-5-8-16)23(32)31(2)22(20)29-14-28-21;1-12(14-6-3-7-15(18(14)23)19(24)25)28-20-17-9-16(13-5-4-8-31-10-13)22(30)29(2)21(17)27-11-26-20/h4,7-9,13-15,17,23H,3,5-6,10-12H2,1-2H3,(H,30,31,32);4-11,13-14,16,22H,12H2,1-3H3,(H,28,29,30);3-10,12-15H,11H2,1-2H3,(H,28,29,30);3,5-7,9,11-12,19H,4,8,10H2,1-2H3,(H,26,27,28)/t15-;16-;15-;12-/m1111/s1. The van der Waals surface area contributed by atoms with Crippen molar-refractivity contribution in [2.24, 2.45) is 28.2 Å². The number of benzene rings is 6. The van der Waals surface area contributed by atoms with Crippen LogP contribution in [0.15, 0.2) is 220 Å². The van der Waals surface area contributed by atoms with Crippen LogP contribution < -0.4 is 43.5 Å². The van der Waals surface area contributed by atoms with Gasteiger partial charge in [0.25, 0.3) is 41.5 Å². The van der Waals surface area contributed by atoms with E-state index in [4.69, 9.17) is 4.74 Å². The van der Waals surface area contributed by atoms with Crippen LogP contribution in [0.1, 0.15) is 187 Å². The van der Waals surface area contributed by atoms with Gasteiger partial charge in [0.15, 0.2) is 0 Å². The molecule has 0 spiro atoms. The Morgan fingerprint density at radius 2 is 0.831 bits per heavy atom. The summed E-state index contributed by atoms with van der Waals surface area (Å²) in [6.45, 7) is 11.4. The lowest BCUT2D eigenvalue weighted by Gasteiger charge is -2.39. The molecule has 8 aromatic heterocycles. The Bertz CT molecular complexity index is 6830. The van der Waals surface area contributed by atoms with Crippen LogP contribution in [0, 0.1) is 18.6 Å². The van der Waals surface area contributed by atoms with Crippen molar-refractivity contribution in [2.45, 2.75) is 135 Å². The summed E-state index contributed by atoms with van der Waals surface area (Å²) in [5.74, 6) is -0.105. The number of aryl methyl sites for hydroxylation is 4. The summed E-state index contributed by atoms with van der Waals surface area (Å²) in [6.07, 6.45) is 2.92. The quantitative estimate of drug-likeness (QED) is 0.0460. The molecule has 0 unspecified atom stereocenters. The third-order valence-corrected chi connectivity index (χ3v) is 23.8. The van der Waals surface area contributed by atoms with Crippen LogP contribution in [0.2, 0.25) is 0 Å². The topological polar surface area (TPSA) is 252 Å². The monoisotopic (exact) mass is 1790 g/mol. The minimum absolute atomic E-state index is 0.0243. The first-order valence-electron chi connectivity index (χ1n) is 42.2. The van der Waals surface area contributed by atoms with Crippen LogP contribution in [0.3, 0.4) is 0 Å². The molecule has 2 aliphatic heterocycles. The Balaban J connectivity index is 0.000000140. The van der Waals surface area contributed by atoms with Crippen molar-refractivity contribution in [2.75, 3.05) is 47.6 Å². The molecule has 0 saturated heterocycles. The van der Waals surface area contributed by atoms with E-state index in [2.05, 4.69) is 72.1 Å². The summed E-state index contributed by atoms with van der Waals surface area (Å²) in [7, 11) is 6.62. The number of nitrogens with one attached hydrogen (secondary N) is 4. The molecule has 130 heavy (non-hydrogen) atoms. The average Bonchev–Trinajstić information content (AvgIpc) is 0.772. The Hall–Kier alpha value is -13.7. The number of aromatic nitrogens is 12. The smallest absolute Gasteiger partial charge is 0.376 e. The van der Waals surface area contributed by atoms with Crippen molar-refractivity contribution in [3.63, 3.8) is 0 Å². The van der Waals surface area contributed by atoms with Gasteiger partial charge in [-0.1, -0.05) is 146 Å². The fraction of sp³-hybridized carbons (Fsp3) is 0.299. The molecular weight excluding hydrogens is 1690 g/mol. The van der Waals surface area contributed by atoms with Crippen LogP contribution in [-0.4, -0.2) is 95.4 Å². The molecule has 6 aromatic carbocycles. The third kappa shape index (κ3) is 20.4. The number of hydrogen-bond acceptors (Lipinski definition) is 18. The Morgan fingerprint density at radius 3 is 1.23 bits per heavy atom. The van der Waals surface area contributed by atoms with Crippen molar-refractivity contribution in [3.05, 3.63) is 338 Å².